The first kappa shape index (κ1) is 22.0. The number of guanidine groups is 1. The second kappa shape index (κ2) is 13.2. The molecule has 2 rings (SSSR count). The molecular formula is C18H30IN3O3. The van der Waals surface area contributed by atoms with E-state index in [0.29, 0.717) is 6.54 Å². The van der Waals surface area contributed by atoms with Crippen molar-refractivity contribution in [1.29, 1.82) is 0 Å². The van der Waals surface area contributed by atoms with E-state index in [9.17, 15) is 0 Å². The lowest BCUT2D eigenvalue weighted by Crippen LogP contribution is -2.39. The van der Waals surface area contributed by atoms with Crippen molar-refractivity contribution in [2.75, 3.05) is 39.5 Å². The van der Waals surface area contributed by atoms with E-state index in [1.54, 1.807) is 6.26 Å². The largest absolute Gasteiger partial charge is 0.469 e. The van der Waals surface area contributed by atoms with Crippen LogP contribution < -0.4 is 10.6 Å². The van der Waals surface area contributed by atoms with Crippen LogP contribution in [0.25, 0.3) is 0 Å². The first-order chi connectivity index (χ1) is 11.7. The summed E-state index contributed by atoms with van der Waals surface area (Å²) in [7, 11) is 0. The van der Waals surface area contributed by atoms with Crippen LogP contribution >= 0.6 is 24.0 Å². The van der Waals surface area contributed by atoms with Gasteiger partial charge in [-0.2, -0.15) is 0 Å². The topological polar surface area (TPSA) is 68.0 Å². The monoisotopic (exact) mass is 463 g/mol. The van der Waals surface area contributed by atoms with Crippen LogP contribution in [0.1, 0.15) is 25.5 Å². The van der Waals surface area contributed by atoms with Crippen LogP contribution in [0.5, 0.6) is 0 Å². The Morgan fingerprint density at radius 3 is 2.92 bits per heavy atom. The lowest BCUT2D eigenvalue weighted by Gasteiger charge is -2.13. The third-order valence-corrected chi connectivity index (χ3v) is 3.61. The zero-order valence-corrected chi connectivity index (χ0v) is 17.3. The minimum absolute atomic E-state index is 0. The van der Waals surface area contributed by atoms with E-state index in [2.05, 4.69) is 22.2 Å². The Hall–Kier alpha value is -1.06. The van der Waals surface area contributed by atoms with Crippen LogP contribution in [0.4, 0.5) is 0 Å². The first-order valence-corrected chi connectivity index (χ1v) is 8.62. The summed E-state index contributed by atoms with van der Waals surface area (Å²) < 4.78 is 16.4. The van der Waals surface area contributed by atoms with Crippen molar-refractivity contribution in [3.05, 3.63) is 36.3 Å². The molecule has 25 heavy (non-hydrogen) atoms. The Bertz CT molecular complexity index is 500. The van der Waals surface area contributed by atoms with Gasteiger partial charge in [-0.3, -0.25) is 0 Å². The molecule has 0 radical (unpaired) electrons. The van der Waals surface area contributed by atoms with Crippen LogP contribution in [0.3, 0.4) is 0 Å². The van der Waals surface area contributed by atoms with Crippen molar-refractivity contribution in [1.82, 2.24) is 10.6 Å². The number of nitrogens with one attached hydrogen (secondary N) is 2. The average Bonchev–Trinajstić information content (AvgIpc) is 3.25. The molecule has 1 saturated heterocycles. The molecule has 0 aromatic carbocycles. The summed E-state index contributed by atoms with van der Waals surface area (Å²) in [5.74, 6) is 1.77. The quantitative estimate of drug-likeness (QED) is 0.184. The molecule has 1 fully saturated rings. The van der Waals surface area contributed by atoms with Crippen molar-refractivity contribution in [2.24, 2.45) is 4.99 Å². The highest BCUT2D eigenvalue weighted by Crippen LogP contribution is 2.07. The molecule has 0 saturated carbocycles. The maximum absolute atomic E-state index is 5.76. The predicted octanol–water partition coefficient (Wildman–Crippen LogP) is 2.75. The van der Waals surface area contributed by atoms with Crippen molar-refractivity contribution in [3.8, 4) is 0 Å². The molecule has 1 aliphatic heterocycles. The molecule has 142 valence electrons. The van der Waals surface area contributed by atoms with Crippen LogP contribution in [0.15, 0.2) is 40.0 Å². The summed E-state index contributed by atoms with van der Waals surface area (Å²) in [6.07, 6.45) is 4.73. The Morgan fingerprint density at radius 1 is 1.40 bits per heavy atom. The van der Waals surface area contributed by atoms with Crippen LogP contribution in [0.2, 0.25) is 0 Å². The van der Waals surface area contributed by atoms with Gasteiger partial charge in [-0.05, 0) is 31.9 Å². The van der Waals surface area contributed by atoms with Gasteiger partial charge in [0.05, 0.1) is 25.5 Å². The molecule has 1 aromatic rings. The van der Waals surface area contributed by atoms with E-state index in [1.807, 2.05) is 19.1 Å². The minimum Gasteiger partial charge on any atom is -0.469 e. The van der Waals surface area contributed by atoms with Gasteiger partial charge in [0.2, 0.25) is 0 Å². The Kier molecular flexibility index (Phi) is 11.6. The molecule has 1 aliphatic rings. The number of rotatable bonds is 10. The fourth-order valence-electron chi connectivity index (χ4n) is 2.32. The third kappa shape index (κ3) is 9.86. The summed E-state index contributed by atoms with van der Waals surface area (Å²) in [6.45, 7) is 10.4. The minimum atomic E-state index is 0. The maximum atomic E-state index is 5.76. The molecule has 0 aliphatic carbocycles. The highest BCUT2D eigenvalue weighted by molar-refractivity contribution is 14.0. The van der Waals surface area contributed by atoms with Crippen LogP contribution in [-0.2, 0) is 15.9 Å². The Balaban J connectivity index is 0.00000312. The smallest absolute Gasteiger partial charge is 0.191 e. The molecule has 0 bridgehead atoms. The zero-order chi connectivity index (χ0) is 17.0. The van der Waals surface area contributed by atoms with Gasteiger partial charge in [0.1, 0.15) is 5.76 Å². The number of hydrogen-bond donors (Lipinski definition) is 2. The molecule has 0 amide bonds. The second-order valence-corrected chi connectivity index (χ2v) is 6.01. The van der Waals surface area contributed by atoms with Gasteiger partial charge in [-0.15, -0.1) is 24.0 Å². The van der Waals surface area contributed by atoms with Crippen LogP contribution in [-0.4, -0.2) is 51.5 Å². The van der Waals surface area contributed by atoms with E-state index in [-0.39, 0.29) is 30.1 Å². The van der Waals surface area contributed by atoms with Gasteiger partial charge in [0.25, 0.3) is 0 Å². The Morgan fingerprint density at radius 2 is 2.24 bits per heavy atom. The summed E-state index contributed by atoms with van der Waals surface area (Å²) >= 11 is 0. The number of furan rings is 1. The van der Waals surface area contributed by atoms with Gasteiger partial charge >= 0.3 is 0 Å². The van der Waals surface area contributed by atoms with Crippen LogP contribution in [0, 0.1) is 0 Å². The molecule has 0 spiro atoms. The molecule has 1 unspecified atom stereocenters. The molecule has 2 heterocycles. The second-order valence-electron chi connectivity index (χ2n) is 6.01. The fourth-order valence-corrected chi connectivity index (χ4v) is 2.32. The molecule has 1 aromatic heterocycles. The van der Waals surface area contributed by atoms with E-state index < -0.39 is 0 Å². The number of aliphatic imine (C=N–C) groups is 1. The fraction of sp³-hybridized carbons (Fsp3) is 0.611. The van der Waals surface area contributed by atoms with E-state index in [0.717, 1.165) is 69.5 Å². The first-order valence-electron chi connectivity index (χ1n) is 8.62. The number of hydrogen-bond acceptors (Lipinski definition) is 4. The molecule has 6 nitrogen and oxygen atoms in total. The standard InChI is InChI=1S/C18H29N3O3.HI/c1-15(2)13-21-18(20-9-6-16-5-3-10-23-16)19-8-4-11-24-17-7-12-22-14-17;/h3,5,10,17H,1,4,6-9,11-14H2,2H3,(H2,19,20,21);1H. The van der Waals surface area contributed by atoms with Gasteiger partial charge in [0, 0.05) is 32.7 Å². The lowest BCUT2D eigenvalue weighted by molar-refractivity contribution is 0.0420. The Labute approximate surface area is 167 Å². The van der Waals surface area contributed by atoms with E-state index >= 15 is 0 Å². The number of ether oxygens (including phenoxy) is 2. The molecule has 7 heteroatoms. The highest BCUT2D eigenvalue weighted by atomic mass is 127. The van der Waals surface area contributed by atoms with Gasteiger partial charge in [0.15, 0.2) is 5.96 Å². The van der Waals surface area contributed by atoms with E-state index in [1.165, 1.54) is 0 Å². The van der Waals surface area contributed by atoms with Gasteiger partial charge < -0.3 is 24.5 Å². The predicted molar refractivity (Wildman–Crippen MR) is 111 cm³/mol. The highest BCUT2D eigenvalue weighted by Gasteiger charge is 2.15. The van der Waals surface area contributed by atoms with Gasteiger partial charge in [-0.25, -0.2) is 4.99 Å². The molecule has 2 N–H and O–H groups in total. The summed E-state index contributed by atoms with van der Waals surface area (Å²) in [5.41, 5.74) is 1.03. The van der Waals surface area contributed by atoms with Crippen molar-refractivity contribution in [2.45, 2.75) is 32.3 Å². The molecular weight excluding hydrogens is 433 g/mol. The van der Waals surface area contributed by atoms with E-state index in [4.69, 9.17) is 13.9 Å². The van der Waals surface area contributed by atoms with Crippen molar-refractivity contribution >= 4 is 29.9 Å². The summed E-state index contributed by atoms with van der Waals surface area (Å²) in [5, 5.41) is 6.66. The SMILES string of the molecule is C=C(C)CN=C(NCCCOC1CCOC1)NCCc1ccco1.I. The summed E-state index contributed by atoms with van der Waals surface area (Å²) in [6, 6.07) is 3.88. The zero-order valence-electron chi connectivity index (χ0n) is 15.0. The third-order valence-electron chi connectivity index (χ3n) is 3.61. The molecule has 1 atom stereocenters. The van der Waals surface area contributed by atoms with Crippen molar-refractivity contribution in [3.63, 3.8) is 0 Å². The normalized spacial score (nSPS) is 17.2. The number of nitrogens with zero attached hydrogens (tertiary/aromatic N) is 1. The average molecular weight is 463 g/mol. The number of halogens is 1. The maximum Gasteiger partial charge on any atom is 0.191 e. The van der Waals surface area contributed by atoms with Crippen molar-refractivity contribution < 1.29 is 13.9 Å². The lowest BCUT2D eigenvalue weighted by atomic mass is 10.3. The summed E-state index contributed by atoms with van der Waals surface area (Å²) in [4.78, 5) is 4.52. The van der Waals surface area contributed by atoms with Gasteiger partial charge in [-0.1, -0.05) is 12.2 Å².